The summed E-state index contributed by atoms with van der Waals surface area (Å²) in [6.07, 6.45) is 0. The lowest BCUT2D eigenvalue weighted by Gasteiger charge is -2.33. The van der Waals surface area contributed by atoms with Gasteiger partial charge in [-0.3, -0.25) is 0 Å². The molecule has 0 radical (unpaired) electrons. The molecule has 0 fully saturated rings. The number of phenols is 1. The van der Waals surface area contributed by atoms with E-state index in [1.165, 1.54) is 0 Å². The lowest BCUT2D eigenvalue weighted by molar-refractivity contribution is 0.0506. The van der Waals surface area contributed by atoms with Gasteiger partial charge >= 0.3 is 0 Å². The smallest absolute Gasteiger partial charge is 0.188 e. The van der Waals surface area contributed by atoms with E-state index in [4.69, 9.17) is 30.5 Å². The minimum atomic E-state index is -1.48. The van der Waals surface area contributed by atoms with Crippen LogP contribution in [0.3, 0.4) is 0 Å². The van der Waals surface area contributed by atoms with E-state index in [1.807, 2.05) is 12.1 Å². The van der Waals surface area contributed by atoms with Crippen LogP contribution in [0.2, 0.25) is 5.02 Å². The molecule has 0 saturated carbocycles. The summed E-state index contributed by atoms with van der Waals surface area (Å²) in [5.41, 5.74) is 4.30. The van der Waals surface area contributed by atoms with Crippen molar-refractivity contribution in [1.82, 2.24) is 0 Å². The molecule has 0 spiro atoms. The first-order chi connectivity index (χ1) is 19.8. The van der Waals surface area contributed by atoms with Crippen molar-refractivity contribution >= 4 is 35.4 Å². The van der Waals surface area contributed by atoms with Crippen molar-refractivity contribution in [3.8, 4) is 17.2 Å². The van der Waals surface area contributed by atoms with Gasteiger partial charge in [-0.1, -0.05) is 86.0 Å². The van der Waals surface area contributed by atoms with Crippen LogP contribution in [0.25, 0.3) is 0 Å². The van der Waals surface area contributed by atoms with Gasteiger partial charge in [-0.15, -0.1) is 0 Å². The molecule has 3 rings (SSSR count). The molecular weight excluding hydrogens is 579 g/mol. The summed E-state index contributed by atoms with van der Waals surface area (Å²) in [6, 6.07) is 12.5. The minimum absolute atomic E-state index is 0.0885. The Kier molecular flexibility index (Phi) is 10.9. The van der Waals surface area contributed by atoms with Crippen LogP contribution in [0.4, 0.5) is 0 Å². The van der Waals surface area contributed by atoms with Gasteiger partial charge in [-0.05, 0) is 73.4 Å². The maximum Gasteiger partial charge on any atom is 0.188 e. The fraction of sp³-hybridized carbons (Fsp3) is 0.500. The maximum absolute atomic E-state index is 12.1. The molecule has 0 amide bonds. The Hall–Kier alpha value is -2.30. The van der Waals surface area contributed by atoms with E-state index in [9.17, 15) is 5.11 Å². The van der Waals surface area contributed by atoms with Crippen molar-refractivity contribution in [2.75, 3.05) is 27.8 Å². The van der Waals surface area contributed by atoms with E-state index < -0.39 is 7.92 Å². The fourth-order valence-electron chi connectivity index (χ4n) is 5.21. The van der Waals surface area contributed by atoms with Gasteiger partial charge in [0.2, 0.25) is 0 Å². The van der Waals surface area contributed by atoms with Gasteiger partial charge in [-0.25, -0.2) is 0 Å². The summed E-state index contributed by atoms with van der Waals surface area (Å²) in [7, 11) is 1.77. The molecule has 0 atom stereocenters. The molecule has 0 aliphatic rings. The summed E-state index contributed by atoms with van der Waals surface area (Å²) in [5.74, 6) is 1.73. The minimum Gasteiger partial charge on any atom is -0.507 e. The third kappa shape index (κ3) is 8.05. The van der Waals surface area contributed by atoms with E-state index in [0.717, 1.165) is 55.2 Å². The molecule has 0 bridgehead atoms. The molecule has 0 saturated heterocycles. The number of rotatable bonds is 9. The molecule has 0 aliphatic heterocycles. The first-order valence-corrected chi connectivity index (χ1v) is 16.4. The second kappa shape index (κ2) is 13.4. The Morgan fingerprint density at radius 1 is 0.605 bits per heavy atom. The van der Waals surface area contributed by atoms with Gasteiger partial charge < -0.3 is 24.1 Å². The summed E-state index contributed by atoms with van der Waals surface area (Å²) >= 11 is 6.86. The largest absolute Gasteiger partial charge is 0.507 e. The molecule has 43 heavy (non-hydrogen) atoms. The van der Waals surface area contributed by atoms with E-state index in [1.54, 1.807) is 14.2 Å². The van der Waals surface area contributed by atoms with Crippen LogP contribution in [-0.2, 0) is 25.7 Å². The monoisotopic (exact) mass is 628 g/mol. The zero-order valence-electron chi connectivity index (χ0n) is 28.3. The van der Waals surface area contributed by atoms with Gasteiger partial charge in [0.15, 0.2) is 13.6 Å². The first-order valence-electron chi connectivity index (χ1n) is 14.7. The topological polar surface area (TPSA) is 57.2 Å². The summed E-state index contributed by atoms with van der Waals surface area (Å²) in [6.45, 7) is 23.7. The van der Waals surface area contributed by atoms with Crippen LogP contribution in [0, 0.1) is 13.8 Å². The highest BCUT2D eigenvalue weighted by atomic mass is 35.5. The number of halogens is 1. The van der Waals surface area contributed by atoms with Gasteiger partial charge in [0, 0.05) is 51.8 Å². The molecule has 0 unspecified atom stereocenters. The average molecular weight is 629 g/mol. The van der Waals surface area contributed by atoms with Crippen LogP contribution in [0.5, 0.6) is 17.2 Å². The quantitative estimate of drug-likeness (QED) is 0.191. The van der Waals surface area contributed by atoms with Crippen molar-refractivity contribution in [1.29, 1.82) is 0 Å². The number of phenolic OH excluding ortho intramolecular Hbond substituents is 1. The molecular formula is C36H50ClO5P. The average Bonchev–Trinajstić information content (AvgIpc) is 2.87. The van der Waals surface area contributed by atoms with Crippen LogP contribution in [0.1, 0.15) is 90.1 Å². The van der Waals surface area contributed by atoms with Crippen molar-refractivity contribution in [3.05, 3.63) is 69.2 Å². The zero-order chi connectivity index (χ0) is 32.5. The normalized spacial score (nSPS) is 12.6. The highest BCUT2D eigenvalue weighted by Gasteiger charge is 2.35. The lowest BCUT2D eigenvalue weighted by Crippen LogP contribution is -2.30. The lowest BCUT2D eigenvalue weighted by atomic mass is 9.85. The Balaban J connectivity index is 2.65. The van der Waals surface area contributed by atoms with E-state index >= 15 is 0 Å². The Morgan fingerprint density at radius 3 is 1.35 bits per heavy atom. The number of ether oxygens (including phenoxy) is 4. The SMILES string of the molecule is COCOc1c(P(c2cc(Cl)cc(C(C)(C)C)c2O)c2cc(C)cc(C(C)(C)C)c2OCOC)cc(C)cc1C(C)(C)C. The van der Waals surface area contributed by atoms with Crippen molar-refractivity contribution in [2.24, 2.45) is 0 Å². The van der Waals surface area contributed by atoms with Gasteiger partial charge in [0.05, 0.1) is 0 Å². The summed E-state index contributed by atoms with van der Waals surface area (Å²) in [5, 5.41) is 15.3. The number of hydrogen-bond donors (Lipinski definition) is 1. The van der Waals surface area contributed by atoms with Gasteiger partial charge in [-0.2, -0.15) is 0 Å². The number of aryl methyl sites for hydroxylation is 2. The van der Waals surface area contributed by atoms with Crippen LogP contribution in [0.15, 0.2) is 36.4 Å². The molecule has 0 aromatic heterocycles. The second-order valence-electron chi connectivity index (χ2n) is 14.3. The van der Waals surface area contributed by atoms with Crippen molar-refractivity contribution < 1.29 is 24.1 Å². The summed E-state index contributed by atoms with van der Waals surface area (Å²) < 4.78 is 23.8. The number of methoxy groups -OCH3 is 2. The Bertz CT molecular complexity index is 1370. The van der Waals surface area contributed by atoms with E-state index in [-0.39, 0.29) is 35.6 Å². The molecule has 0 aliphatic carbocycles. The van der Waals surface area contributed by atoms with Crippen LogP contribution >= 0.6 is 19.5 Å². The molecule has 3 aromatic rings. The summed E-state index contributed by atoms with van der Waals surface area (Å²) in [4.78, 5) is 0. The maximum atomic E-state index is 12.1. The van der Waals surface area contributed by atoms with Gasteiger partial charge in [0.25, 0.3) is 0 Å². The predicted octanol–water partition coefficient (Wildman–Crippen LogP) is 8.28. The molecule has 7 heteroatoms. The number of benzene rings is 3. The Labute approximate surface area is 265 Å². The predicted molar refractivity (Wildman–Crippen MR) is 182 cm³/mol. The first kappa shape index (κ1) is 35.2. The van der Waals surface area contributed by atoms with Crippen LogP contribution in [-0.4, -0.2) is 32.9 Å². The number of aromatic hydroxyl groups is 1. The standard InChI is InChI=1S/C36H50ClO5P/c1-22-14-26(35(6,7)8)32(41-20-39-12)29(16-22)43(28-19-24(37)18-25(31(28)38)34(3,4)5)30-17-23(2)15-27(36(9,10)11)33(30)42-21-40-13/h14-19,38H,20-21H2,1-13H3. The number of hydrogen-bond acceptors (Lipinski definition) is 5. The molecule has 3 aromatic carbocycles. The van der Waals surface area contributed by atoms with E-state index in [2.05, 4.69) is 100 Å². The highest BCUT2D eigenvalue weighted by molar-refractivity contribution is 7.80. The fourth-order valence-corrected chi connectivity index (χ4v) is 8.32. The molecule has 236 valence electrons. The second-order valence-corrected chi connectivity index (χ2v) is 16.9. The Morgan fingerprint density at radius 2 is 1.00 bits per heavy atom. The van der Waals surface area contributed by atoms with Crippen LogP contribution < -0.4 is 25.4 Å². The van der Waals surface area contributed by atoms with Crippen molar-refractivity contribution in [3.63, 3.8) is 0 Å². The zero-order valence-corrected chi connectivity index (χ0v) is 29.9. The van der Waals surface area contributed by atoms with Gasteiger partial charge in [0.1, 0.15) is 17.2 Å². The third-order valence-electron chi connectivity index (χ3n) is 7.27. The van der Waals surface area contributed by atoms with E-state index in [0.29, 0.717) is 5.02 Å². The molecule has 0 heterocycles. The molecule has 5 nitrogen and oxygen atoms in total. The third-order valence-corrected chi connectivity index (χ3v) is 9.94. The molecule has 1 N–H and O–H groups in total. The highest BCUT2D eigenvalue weighted by Crippen LogP contribution is 2.49. The van der Waals surface area contributed by atoms with Crippen molar-refractivity contribution in [2.45, 2.75) is 92.4 Å².